The van der Waals surface area contributed by atoms with E-state index in [1.807, 2.05) is 49.4 Å². The van der Waals surface area contributed by atoms with Crippen LogP contribution in [-0.2, 0) is 0 Å². The lowest BCUT2D eigenvalue weighted by molar-refractivity contribution is 0.166. The van der Waals surface area contributed by atoms with Crippen LogP contribution in [0.2, 0.25) is 5.02 Å². The van der Waals surface area contributed by atoms with Gasteiger partial charge in [0.2, 0.25) is 0 Å². The van der Waals surface area contributed by atoms with Crippen molar-refractivity contribution >= 4 is 23.3 Å². The van der Waals surface area contributed by atoms with Gasteiger partial charge >= 0.3 is 6.03 Å². The van der Waals surface area contributed by atoms with E-state index in [2.05, 4.69) is 5.32 Å². The summed E-state index contributed by atoms with van der Waals surface area (Å²) in [6.07, 6.45) is 0. The lowest BCUT2D eigenvalue weighted by atomic mass is 10.0. The topological polar surface area (TPSA) is 52.6 Å². The maximum Gasteiger partial charge on any atom is 0.321 e. The van der Waals surface area contributed by atoms with Crippen molar-refractivity contribution in [2.45, 2.75) is 19.9 Å². The average molecular weight is 333 g/mol. The van der Waals surface area contributed by atoms with Gasteiger partial charge in [0, 0.05) is 17.8 Å². The third-order valence-corrected chi connectivity index (χ3v) is 4.11. The molecule has 0 aliphatic heterocycles. The number of likely N-dealkylation sites (N-methyl/N-ethyl adjacent to an activating group) is 1. The third-order valence-electron chi connectivity index (χ3n) is 3.87. The number of aliphatic hydroxyl groups is 1. The van der Waals surface area contributed by atoms with Crippen molar-refractivity contribution in [2.75, 3.05) is 19.0 Å². The highest BCUT2D eigenvalue weighted by molar-refractivity contribution is 6.30. The lowest BCUT2D eigenvalue weighted by Gasteiger charge is -2.24. The predicted octanol–water partition coefficient (Wildman–Crippen LogP) is 4.16. The Labute approximate surface area is 141 Å². The highest BCUT2D eigenvalue weighted by atomic mass is 35.5. The van der Waals surface area contributed by atoms with Crippen LogP contribution in [0.4, 0.5) is 10.5 Å². The molecule has 2 amide bonds. The summed E-state index contributed by atoms with van der Waals surface area (Å²) in [6.45, 7) is 3.66. The number of halogens is 1. The molecule has 0 aromatic heterocycles. The standard InChI is InChI=1S/C18H21ClN2O2/c1-12-9-15(14-5-4-6-16(19)10-14)7-8-17(12)20-18(23)21(3)13(2)11-22/h4-10,13,22H,11H2,1-3H3,(H,20,23). The molecule has 2 aromatic rings. The molecule has 1 atom stereocenters. The fraction of sp³-hybridized carbons (Fsp3) is 0.278. The number of urea groups is 1. The number of anilines is 1. The third kappa shape index (κ3) is 4.24. The number of benzene rings is 2. The van der Waals surface area contributed by atoms with Gasteiger partial charge in [0.15, 0.2) is 0 Å². The maximum absolute atomic E-state index is 12.2. The van der Waals surface area contributed by atoms with Gasteiger partial charge in [-0.2, -0.15) is 0 Å². The van der Waals surface area contributed by atoms with Gasteiger partial charge in [-0.05, 0) is 54.8 Å². The summed E-state index contributed by atoms with van der Waals surface area (Å²) in [7, 11) is 1.66. The van der Waals surface area contributed by atoms with Crippen molar-refractivity contribution in [3.8, 4) is 11.1 Å². The van der Waals surface area contributed by atoms with Crippen LogP contribution < -0.4 is 5.32 Å². The van der Waals surface area contributed by atoms with Gasteiger partial charge in [0.05, 0.1) is 12.6 Å². The first kappa shape index (κ1) is 17.3. The van der Waals surface area contributed by atoms with Gasteiger partial charge < -0.3 is 15.3 Å². The minimum absolute atomic E-state index is 0.0728. The van der Waals surface area contributed by atoms with Crippen LogP contribution in [0.25, 0.3) is 11.1 Å². The summed E-state index contributed by atoms with van der Waals surface area (Å²) in [5.41, 5.74) is 3.78. The largest absolute Gasteiger partial charge is 0.394 e. The SMILES string of the molecule is Cc1cc(-c2cccc(Cl)c2)ccc1NC(=O)N(C)C(C)CO. The smallest absolute Gasteiger partial charge is 0.321 e. The number of rotatable bonds is 4. The number of hydrogen-bond acceptors (Lipinski definition) is 2. The Morgan fingerprint density at radius 1 is 1.26 bits per heavy atom. The number of nitrogens with one attached hydrogen (secondary N) is 1. The van der Waals surface area contributed by atoms with E-state index in [0.29, 0.717) is 5.02 Å². The van der Waals surface area contributed by atoms with E-state index in [0.717, 1.165) is 22.4 Å². The van der Waals surface area contributed by atoms with E-state index in [1.54, 1.807) is 14.0 Å². The molecular formula is C18H21ClN2O2. The van der Waals surface area contributed by atoms with Crippen molar-refractivity contribution < 1.29 is 9.90 Å². The Bertz CT molecular complexity index is 703. The number of carbonyl (C=O) groups excluding carboxylic acids is 1. The molecule has 0 fully saturated rings. The van der Waals surface area contributed by atoms with E-state index in [1.165, 1.54) is 4.90 Å². The molecular weight excluding hydrogens is 312 g/mol. The minimum Gasteiger partial charge on any atom is -0.394 e. The first-order valence-electron chi connectivity index (χ1n) is 7.43. The van der Waals surface area contributed by atoms with Crippen molar-refractivity contribution in [2.24, 2.45) is 0 Å². The van der Waals surface area contributed by atoms with Crippen LogP contribution >= 0.6 is 11.6 Å². The molecule has 23 heavy (non-hydrogen) atoms. The zero-order valence-corrected chi connectivity index (χ0v) is 14.3. The zero-order valence-electron chi connectivity index (χ0n) is 13.5. The Kier molecular flexibility index (Phi) is 5.64. The minimum atomic E-state index is -0.245. The van der Waals surface area contributed by atoms with Gasteiger partial charge in [-0.25, -0.2) is 4.79 Å². The van der Waals surface area contributed by atoms with E-state index in [4.69, 9.17) is 16.7 Å². The highest BCUT2D eigenvalue weighted by Gasteiger charge is 2.15. The molecule has 0 bridgehead atoms. The van der Waals surface area contributed by atoms with Gasteiger partial charge in [-0.1, -0.05) is 29.8 Å². The zero-order chi connectivity index (χ0) is 17.0. The molecule has 122 valence electrons. The number of carbonyl (C=O) groups is 1. The number of nitrogens with zero attached hydrogens (tertiary/aromatic N) is 1. The molecule has 0 heterocycles. The van der Waals surface area contributed by atoms with Crippen molar-refractivity contribution in [1.82, 2.24) is 4.90 Å². The summed E-state index contributed by atoms with van der Waals surface area (Å²) in [6, 6.07) is 13.0. The Balaban J connectivity index is 2.18. The summed E-state index contributed by atoms with van der Waals surface area (Å²) < 4.78 is 0. The molecule has 0 aliphatic carbocycles. The Morgan fingerprint density at radius 3 is 2.57 bits per heavy atom. The summed E-state index contributed by atoms with van der Waals surface area (Å²) >= 11 is 6.03. The van der Waals surface area contributed by atoms with Crippen LogP contribution in [0, 0.1) is 6.92 Å². The van der Waals surface area contributed by atoms with Gasteiger partial charge in [-0.15, -0.1) is 0 Å². The van der Waals surface area contributed by atoms with Gasteiger partial charge in [-0.3, -0.25) is 0 Å². The summed E-state index contributed by atoms with van der Waals surface area (Å²) in [4.78, 5) is 13.6. The van der Waals surface area contributed by atoms with Crippen LogP contribution in [0.1, 0.15) is 12.5 Å². The van der Waals surface area contributed by atoms with E-state index >= 15 is 0 Å². The van der Waals surface area contributed by atoms with Crippen LogP contribution in [0.3, 0.4) is 0 Å². The van der Waals surface area contributed by atoms with Gasteiger partial charge in [0.25, 0.3) is 0 Å². The van der Waals surface area contributed by atoms with E-state index in [-0.39, 0.29) is 18.7 Å². The molecule has 0 saturated heterocycles. The summed E-state index contributed by atoms with van der Waals surface area (Å²) in [5, 5.41) is 12.7. The molecule has 5 heteroatoms. The fourth-order valence-corrected chi connectivity index (χ4v) is 2.37. The number of amides is 2. The number of hydrogen-bond donors (Lipinski definition) is 2. The first-order chi connectivity index (χ1) is 10.9. The van der Waals surface area contributed by atoms with Crippen molar-refractivity contribution in [3.63, 3.8) is 0 Å². The molecule has 0 radical (unpaired) electrons. The second-order valence-electron chi connectivity index (χ2n) is 5.61. The summed E-state index contributed by atoms with van der Waals surface area (Å²) in [5.74, 6) is 0. The quantitative estimate of drug-likeness (QED) is 0.883. The first-order valence-corrected chi connectivity index (χ1v) is 7.81. The molecule has 4 nitrogen and oxygen atoms in total. The maximum atomic E-state index is 12.2. The average Bonchev–Trinajstić information content (AvgIpc) is 2.55. The molecule has 2 N–H and O–H groups in total. The lowest BCUT2D eigenvalue weighted by Crippen LogP contribution is -2.40. The molecule has 0 spiro atoms. The van der Waals surface area contributed by atoms with E-state index < -0.39 is 0 Å². The normalized spacial score (nSPS) is 11.9. The van der Waals surface area contributed by atoms with Crippen molar-refractivity contribution in [3.05, 3.63) is 53.1 Å². The second-order valence-corrected chi connectivity index (χ2v) is 6.05. The van der Waals surface area contributed by atoms with Gasteiger partial charge in [0.1, 0.15) is 0 Å². The Morgan fingerprint density at radius 2 is 1.96 bits per heavy atom. The van der Waals surface area contributed by atoms with Crippen LogP contribution in [-0.4, -0.2) is 35.7 Å². The second kappa shape index (κ2) is 7.49. The molecule has 0 aliphatic rings. The predicted molar refractivity (Wildman–Crippen MR) is 95.0 cm³/mol. The molecule has 2 aromatic carbocycles. The van der Waals surface area contributed by atoms with Crippen LogP contribution in [0.5, 0.6) is 0 Å². The molecule has 0 saturated carbocycles. The molecule has 2 rings (SSSR count). The molecule has 1 unspecified atom stereocenters. The number of aryl methyl sites for hydroxylation is 1. The number of aliphatic hydroxyl groups excluding tert-OH is 1. The van der Waals surface area contributed by atoms with E-state index in [9.17, 15) is 4.79 Å². The monoisotopic (exact) mass is 332 g/mol. The fourth-order valence-electron chi connectivity index (χ4n) is 2.18. The van der Waals surface area contributed by atoms with Crippen molar-refractivity contribution in [1.29, 1.82) is 0 Å². The van der Waals surface area contributed by atoms with Crippen LogP contribution in [0.15, 0.2) is 42.5 Å². The highest BCUT2D eigenvalue weighted by Crippen LogP contribution is 2.26. The Hall–Kier alpha value is -2.04.